The second kappa shape index (κ2) is 7.97. The number of ether oxygens (including phenoxy) is 2. The van der Waals surface area contributed by atoms with Gasteiger partial charge in [0.1, 0.15) is 11.5 Å². The minimum absolute atomic E-state index is 0.181. The van der Waals surface area contributed by atoms with Gasteiger partial charge in [-0.15, -0.1) is 0 Å². The van der Waals surface area contributed by atoms with Crippen LogP contribution in [-0.4, -0.2) is 13.1 Å². The Morgan fingerprint density at radius 2 is 1.41 bits per heavy atom. The predicted molar refractivity (Wildman–Crippen MR) is 111 cm³/mol. The van der Waals surface area contributed by atoms with Crippen LogP contribution in [0.1, 0.15) is 35.3 Å². The topological polar surface area (TPSA) is 35.5 Å². The number of methoxy groups -OCH3 is 1. The van der Waals surface area contributed by atoms with Crippen LogP contribution < -0.4 is 9.47 Å². The van der Waals surface area contributed by atoms with Gasteiger partial charge in [0.05, 0.1) is 12.7 Å². The molecule has 3 rings (SSSR count). The van der Waals surface area contributed by atoms with Gasteiger partial charge >= 0.3 is 5.97 Å². The minimum Gasteiger partial charge on any atom is -0.497 e. The first-order chi connectivity index (χ1) is 12.9. The van der Waals surface area contributed by atoms with Gasteiger partial charge in [0, 0.05) is 9.89 Å². The fourth-order valence-electron chi connectivity index (χ4n) is 2.90. The van der Waals surface area contributed by atoms with Gasteiger partial charge in [-0.2, -0.15) is 0 Å². The average molecular weight is 425 g/mol. The van der Waals surface area contributed by atoms with Crippen molar-refractivity contribution in [2.45, 2.75) is 19.3 Å². The van der Waals surface area contributed by atoms with Crippen molar-refractivity contribution in [2.75, 3.05) is 7.11 Å². The van der Waals surface area contributed by atoms with Gasteiger partial charge < -0.3 is 9.47 Å². The highest BCUT2D eigenvalue weighted by Crippen LogP contribution is 2.33. The summed E-state index contributed by atoms with van der Waals surface area (Å²) >= 11 is 3.36. The number of hydrogen-bond donors (Lipinski definition) is 0. The van der Waals surface area contributed by atoms with E-state index in [0.717, 1.165) is 15.8 Å². The zero-order valence-electron chi connectivity index (χ0n) is 15.5. The molecule has 4 heteroatoms. The number of carbonyl (C=O) groups is 1. The van der Waals surface area contributed by atoms with E-state index in [9.17, 15) is 4.79 Å². The van der Waals surface area contributed by atoms with E-state index in [4.69, 9.17) is 9.47 Å². The van der Waals surface area contributed by atoms with Crippen LogP contribution in [0.2, 0.25) is 0 Å². The van der Waals surface area contributed by atoms with E-state index < -0.39 is 0 Å². The largest absolute Gasteiger partial charge is 0.497 e. The molecule has 0 N–H and O–H groups in total. The molecule has 0 unspecified atom stereocenters. The summed E-state index contributed by atoms with van der Waals surface area (Å²) in [4.78, 5) is 12.3. The second-order valence-electron chi connectivity index (χ2n) is 6.78. The maximum atomic E-state index is 12.3. The van der Waals surface area contributed by atoms with E-state index in [1.165, 1.54) is 5.56 Å². The van der Waals surface area contributed by atoms with Gasteiger partial charge in [-0.25, -0.2) is 4.79 Å². The number of carbonyl (C=O) groups excluding carboxylic acids is 1. The Morgan fingerprint density at radius 1 is 0.852 bits per heavy atom. The highest BCUT2D eigenvalue weighted by atomic mass is 79.9. The van der Waals surface area contributed by atoms with Crippen molar-refractivity contribution in [3.63, 3.8) is 0 Å². The van der Waals surface area contributed by atoms with Crippen LogP contribution in [0, 0.1) is 0 Å². The van der Waals surface area contributed by atoms with Crippen molar-refractivity contribution in [1.82, 2.24) is 0 Å². The predicted octanol–water partition coefficient (Wildman–Crippen LogP) is 6.00. The zero-order valence-corrected chi connectivity index (χ0v) is 17.1. The summed E-state index contributed by atoms with van der Waals surface area (Å²) in [5.41, 5.74) is 2.64. The van der Waals surface area contributed by atoms with Crippen molar-refractivity contribution in [1.29, 1.82) is 0 Å². The summed E-state index contributed by atoms with van der Waals surface area (Å²) < 4.78 is 11.6. The van der Waals surface area contributed by atoms with Gasteiger partial charge in [-0.05, 0) is 53.6 Å². The molecule has 0 radical (unpaired) electrons. The zero-order chi connectivity index (χ0) is 19.4. The molecule has 27 heavy (non-hydrogen) atoms. The molecular formula is C23H21BrO3. The van der Waals surface area contributed by atoms with Crippen LogP contribution in [0.4, 0.5) is 0 Å². The molecule has 0 atom stereocenters. The van der Waals surface area contributed by atoms with Gasteiger partial charge in [0.2, 0.25) is 0 Å². The van der Waals surface area contributed by atoms with E-state index in [2.05, 4.69) is 41.9 Å². The quantitative estimate of drug-likeness (QED) is 0.371. The molecule has 0 saturated carbocycles. The van der Waals surface area contributed by atoms with E-state index in [0.29, 0.717) is 11.3 Å². The van der Waals surface area contributed by atoms with Gasteiger partial charge in [0.15, 0.2) is 0 Å². The summed E-state index contributed by atoms with van der Waals surface area (Å²) in [6.07, 6.45) is 0. The lowest BCUT2D eigenvalue weighted by atomic mass is 9.78. The highest BCUT2D eigenvalue weighted by molar-refractivity contribution is 9.10. The first-order valence-corrected chi connectivity index (χ1v) is 9.42. The standard InChI is InChI=1S/C23H21BrO3/c1-23(2,17-7-11-20(26-3)12-8-17)18-9-13-21(14-10-18)27-22(25)16-5-4-6-19(24)15-16/h4-15H,1-3H3. The van der Waals surface area contributed by atoms with Crippen LogP contribution >= 0.6 is 15.9 Å². The van der Waals surface area contributed by atoms with E-state index in [-0.39, 0.29) is 11.4 Å². The smallest absolute Gasteiger partial charge is 0.343 e. The third kappa shape index (κ3) is 4.40. The van der Waals surface area contributed by atoms with Crippen LogP contribution in [0.15, 0.2) is 77.3 Å². The monoisotopic (exact) mass is 424 g/mol. The number of rotatable bonds is 5. The molecule has 0 fully saturated rings. The third-order valence-electron chi connectivity index (χ3n) is 4.66. The Balaban J connectivity index is 1.76. The lowest BCUT2D eigenvalue weighted by molar-refractivity contribution is 0.0734. The van der Waals surface area contributed by atoms with Gasteiger partial charge in [-0.3, -0.25) is 0 Å². The van der Waals surface area contributed by atoms with E-state index >= 15 is 0 Å². The number of benzene rings is 3. The summed E-state index contributed by atoms with van der Waals surface area (Å²) in [5.74, 6) is 0.983. The molecule has 0 aromatic heterocycles. The van der Waals surface area contributed by atoms with Crippen molar-refractivity contribution in [3.05, 3.63) is 94.0 Å². The normalized spacial score (nSPS) is 11.1. The molecule has 0 bridgehead atoms. The number of halogens is 1. The average Bonchev–Trinajstić information content (AvgIpc) is 2.68. The first-order valence-electron chi connectivity index (χ1n) is 8.63. The molecule has 0 heterocycles. The van der Waals surface area contributed by atoms with Gasteiger partial charge in [0.25, 0.3) is 0 Å². The highest BCUT2D eigenvalue weighted by Gasteiger charge is 2.23. The van der Waals surface area contributed by atoms with Crippen molar-refractivity contribution >= 4 is 21.9 Å². The fourth-order valence-corrected chi connectivity index (χ4v) is 3.29. The second-order valence-corrected chi connectivity index (χ2v) is 7.69. The Hall–Kier alpha value is -2.59. The number of esters is 1. The lowest BCUT2D eigenvalue weighted by Gasteiger charge is -2.26. The molecule has 0 saturated heterocycles. The van der Waals surface area contributed by atoms with Crippen molar-refractivity contribution in [2.24, 2.45) is 0 Å². The first kappa shape index (κ1) is 19.2. The molecule has 0 amide bonds. The molecule has 3 aromatic carbocycles. The van der Waals surface area contributed by atoms with E-state index in [1.807, 2.05) is 42.5 Å². The molecule has 0 spiro atoms. The Labute approximate surface area is 168 Å². The van der Waals surface area contributed by atoms with Crippen LogP contribution in [-0.2, 0) is 5.41 Å². The van der Waals surface area contributed by atoms with Crippen LogP contribution in [0.25, 0.3) is 0 Å². The Bertz CT molecular complexity index is 929. The summed E-state index contributed by atoms with van der Waals surface area (Å²) in [6, 6.07) is 22.9. The maximum absolute atomic E-state index is 12.3. The summed E-state index contributed by atoms with van der Waals surface area (Å²) in [6.45, 7) is 4.33. The molecule has 0 aliphatic heterocycles. The fraction of sp³-hybridized carbons (Fsp3) is 0.174. The van der Waals surface area contributed by atoms with Crippen molar-refractivity contribution in [3.8, 4) is 11.5 Å². The maximum Gasteiger partial charge on any atom is 0.343 e. The molecule has 3 nitrogen and oxygen atoms in total. The molecule has 0 aliphatic carbocycles. The molecule has 138 valence electrons. The Morgan fingerprint density at radius 3 is 1.93 bits per heavy atom. The molecular weight excluding hydrogens is 404 g/mol. The molecule has 3 aromatic rings. The number of hydrogen-bond acceptors (Lipinski definition) is 3. The van der Waals surface area contributed by atoms with E-state index in [1.54, 1.807) is 25.3 Å². The summed E-state index contributed by atoms with van der Waals surface area (Å²) in [7, 11) is 1.66. The lowest BCUT2D eigenvalue weighted by Crippen LogP contribution is -2.18. The van der Waals surface area contributed by atoms with Crippen LogP contribution in [0.3, 0.4) is 0 Å². The van der Waals surface area contributed by atoms with Crippen molar-refractivity contribution < 1.29 is 14.3 Å². The summed E-state index contributed by atoms with van der Waals surface area (Å²) in [5, 5.41) is 0. The van der Waals surface area contributed by atoms with Gasteiger partial charge in [-0.1, -0.05) is 60.1 Å². The van der Waals surface area contributed by atoms with Crippen LogP contribution in [0.5, 0.6) is 11.5 Å². The SMILES string of the molecule is COc1ccc(C(C)(C)c2ccc(OC(=O)c3cccc(Br)c3)cc2)cc1. The third-order valence-corrected chi connectivity index (χ3v) is 5.15. The molecule has 0 aliphatic rings. The Kier molecular flexibility index (Phi) is 5.66. The minimum atomic E-state index is -0.376.